The van der Waals surface area contributed by atoms with Crippen molar-refractivity contribution in [3.05, 3.63) is 100 Å². The molecule has 182 valence electrons. The quantitative estimate of drug-likeness (QED) is 0.427. The number of aromatic amines is 1. The van der Waals surface area contributed by atoms with Crippen LogP contribution in [0.25, 0.3) is 10.9 Å². The monoisotopic (exact) mass is 499 g/mol. The maximum Gasteiger partial charge on any atom is 0.255 e. The third kappa shape index (κ3) is 3.24. The minimum atomic E-state index is -1.16. The van der Waals surface area contributed by atoms with Gasteiger partial charge in [-0.05, 0) is 36.2 Å². The van der Waals surface area contributed by atoms with Gasteiger partial charge in [-0.1, -0.05) is 66.2 Å². The van der Waals surface area contributed by atoms with E-state index in [2.05, 4.69) is 11.1 Å². The van der Waals surface area contributed by atoms with E-state index in [1.165, 1.54) is 0 Å². The molecule has 2 aliphatic heterocycles. The van der Waals surface area contributed by atoms with E-state index in [-0.39, 0.29) is 30.8 Å². The highest BCUT2D eigenvalue weighted by Gasteiger charge is 2.56. The number of methoxy groups -OCH3 is 1. The van der Waals surface area contributed by atoms with Crippen LogP contribution < -0.4 is 4.74 Å². The number of fused-ring (bicyclic) bond motifs is 5. The largest absolute Gasteiger partial charge is 0.496 e. The number of halogens is 1. The molecule has 0 saturated carbocycles. The zero-order chi connectivity index (χ0) is 25.0. The summed E-state index contributed by atoms with van der Waals surface area (Å²) >= 11 is 6.40. The number of ether oxygens (including phenoxy) is 1. The zero-order valence-electron chi connectivity index (χ0n) is 20.1. The Morgan fingerprint density at radius 2 is 1.75 bits per heavy atom. The fourth-order valence-electron chi connectivity index (χ4n) is 5.87. The SMILES string of the molecule is COc1ccccc1C1CN2C(=O)CN(Cc3ccccc3Cl)C(=O)C2(C)c2[nH]c3ccccc3c21. The second kappa shape index (κ2) is 8.42. The van der Waals surface area contributed by atoms with Gasteiger partial charge in [-0.25, -0.2) is 0 Å². The average molecular weight is 500 g/mol. The van der Waals surface area contributed by atoms with Crippen LogP contribution in [0.1, 0.15) is 35.2 Å². The van der Waals surface area contributed by atoms with Crippen molar-refractivity contribution in [2.24, 2.45) is 0 Å². The summed E-state index contributed by atoms with van der Waals surface area (Å²) < 4.78 is 5.70. The molecule has 36 heavy (non-hydrogen) atoms. The lowest BCUT2D eigenvalue weighted by Gasteiger charge is -2.51. The van der Waals surface area contributed by atoms with Crippen LogP contribution in [0, 0.1) is 0 Å². The molecule has 7 heteroatoms. The highest BCUT2D eigenvalue weighted by Crippen LogP contribution is 2.49. The third-order valence-electron chi connectivity index (χ3n) is 7.65. The predicted molar refractivity (Wildman–Crippen MR) is 139 cm³/mol. The lowest BCUT2D eigenvalue weighted by Crippen LogP contribution is -2.67. The number of H-pyrrole nitrogens is 1. The number of nitrogens with zero attached hydrogens (tertiary/aromatic N) is 2. The van der Waals surface area contributed by atoms with E-state index in [1.807, 2.05) is 67.6 Å². The van der Waals surface area contributed by atoms with E-state index in [0.29, 0.717) is 11.6 Å². The van der Waals surface area contributed by atoms with Gasteiger partial charge >= 0.3 is 0 Å². The van der Waals surface area contributed by atoms with Crippen molar-refractivity contribution in [2.75, 3.05) is 20.2 Å². The second-order valence-electron chi connectivity index (χ2n) is 9.58. The molecular weight excluding hydrogens is 474 g/mol. The number of rotatable bonds is 4. The summed E-state index contributed by atoms with van der Waals surface area (Å²) in [6, 6.07) is 23.4. The normalized spacial score (nSPS) is 21.5. The van der Waals surface area contributed by atoms with Gasteiger partial charge in [0.2, 0.25) is 5.91 Å². The Hall–Kier alpha value is -3.77. The molecule has 2 unspecified atom stereocenters. The Labute approximate surface area is 214 Å². The molecule has 1 N–H and O–H groups in total. The number of para-hydroxylation sites is 2. The first kappa shape index (κ1) is 22.7. The minimum Gasteiger partial charge on any atom is -0.496 e. The van der Waals surface area contributed by atoms with Crippen LogP contribution in [-0.2, 0) is 21.7 Å². The molecule has 6 rings (SSSR count). The number of aromatic nitrogens is 1. The summed E-state index contributed by atoms with van der Waals surface area (Å²) in [6.07, 6.45) is 0. The van der Waals surface area contributed by atoms with Gasteiger partial charge in [-0.15, -0.1) is 0 Å². The van der Waals surface area contributed by atoms with Crippen LogP contribution in [0.5, 0.6) is 5.75 Å². The van der Waals surface area contributed by atoms with E-state index in [1.54, 1.807) is 23.0 Å². The highest BCUT2D eigenvalue weighted by molar-refractivity contribution is 6.31. The number of piperazine rings is 1. The molecule has 0 spiro atoms. The first-order valence-electron chi connectivity index (χ1n) is 12.0. The maximum atomic E-state index is 14.2. The fraction of sp³-hybridized carbons (Fsp3) is 0.241. The molecule has 0 radical (unpaired) electrons. The summed E-state index contributed by atoms with van der Waals surface area (Å²) in [6.45, 7) is 2.53. The van der Waals surface area contributed by atoms with Gasteiger partial charge in [-0.2, -0.15) is 0 Å². The molecule has 1 aromatic heterocycles. The molecule has 4 aromatic rings. The number of hydrogen-bond acceptors (Lipinski definition) is 3. The molecule has 3 heterocycles. The molecule has 6 nitrogen and oxygen atoms in total. The Morgan fingerprint density at radius 3 is 2.56 bits per heavy atom. The van der Waals surface area contributed by atoms with E-state index >= 15 is 0 Å². The van der Waals surface area contributed by atoms with E-state index in [0.717, 1.165) is 39.0 Å². The number of carbonyl (C=O) groups is 2. The summed E-state index contributed by atoms with van der Waals surface area (Å²) in [7, 11) is 1.66. The summed E-state index contributed by atoms with van der Waals surface area (Å²) in [5.41, 5.74) is 3.38. The van der Waals surface area contributed by atoms with Crippen molar-refractivity contribution in [3.8, 4) is 5.75 Å². The molecule has 1 fully saturated rings. The van der Waals surface area contributed by atoms with Gasteiger partial charge in [-0.3, -0.25) is 9.59 Å². The number of hydrogen-bond donors (Lipinski definition) is 1. The first-order chi connectivity index (χ1) is 17.4. The van der Waals surface area contributed by atoms with Crippen molar-refractivity contribution in [1.82, 2.24) is 14.8 Å². The van der Waals surface area contributed by atoms with E-state index in [4.69, 9.17) is 16.3 Å². The molecule has 3 aromatic carbocycles. The zero-order valence-corrected chi connectivity index (χ0v) is 20.9. The van der Waals surface area contributed by atoms with Crippen molar-refractivity contribution < 1.29 is 14.3 Å². The average Bonchev–Trinajstić information content (AvgIpc) is 3.29. The van der Waals surface area contributed by atoms with Gasteiger partial charge < -0.3 is 19.5 Å². The Morgan fingerprint density at radius 1 is 1.03 bits per heavy atom. The van der Waals surface area contributed by atoms with Crippen molar-refractivity contribution in [1.29, 1.82) is 0 Å². The van der Waals surface area contributed by atoms with Crippen molar-refractivity contribution in [2.45, 2.75) is 24.9 Å². The van der Waals surface area contributed by atoms with Gasteiger partial charge in [0.15, 0.2) is 5.54 Å². The fourth-order valence-corrected chi connectivity index (χ4v) is 6.07. The Balaban J connectivity index is 1.53. The van der Waals surface area contributed by atoms with Gasteiger partial charge in [0.25, 0.3) is 5.91 Å². The summed E-state index contributed by atoms with van der Waals surface area (Å²) in [5.74, 6) is 0.410. The van der Waals surface area contributed by atoms with Crippen molar-refractivity contribution in [3.63, 3.8) is 0 Å². The van der Waals surface area contributed by atoms with E-state index in [9.17, 15) is 9.59 Å². The van der Waals surface area contributed by atoms with Gasteiger partial charge in [0, 0.05) is 40.5 Å². The smallest absolute Gasteiger partial charge is 0.255 e. The molecule has 2 atom stereocenters. The maximum absolute atomic E-state index is 14.2. The van der Waals surface area contributed by atoms with Gasteiger partial charge in [0.1, 0.15) is 12.3 Å². The van der Waals surface area contributed by atoms with Crippen LogP contribution in [0.2, 0.25) is 5.02 Å². The highest BCUT2D eigenvalue weighted by atomic mass is 35.5. The van der Waals surface area contributed by atoms with Crippen LogP contribution in [0.15, 0.2) is 72.8 Å². The van der Waals surface area contributed by atoms with Crippen molar-refractivity contribution >= 4 is 34.3 Å². The van der Waals surface area contributed by atoms with Crippen LogP contribution in [0.3, 0.4) is 0 Å². The summed E-state index contributed by atoms with van der Waals surface area (Å²) in [5, 5.41) is 1.63. The second-order valence-corrected chi connectivity index (χ2v) is 9.99. The summed E-state index contributed by atoms with van der Waals surface area (Å²) in [4.78, 5) is 34.8. The van der Waals surface area contributed by atoms with E-state index < -0.39 is 5.54 Å². The van der Waals surface area contributed by atoms with Gasteiger partial charge in [0.05, 0.1) is 12.8 Å². The molecular formula is C29H26ClN3O3. The molecule has 1 saturated heterocycles. The minimum absolute atomic E-state index is 0.00779. The number of benzene rings is 3. The van der Waals surface area contributed by atoms with Crippen LogP contribution >= 0.6 is 11.6 Å². The molecule has 2 amide bonds. The third-order valence-corrected chi connectivity index (χ3v) is 8.02. The number of amides is 2. The molecule has 0 aliphatic carbocycles. The predicted octanol–water partition coefficient (Wildman–Crippen LogP) is 5.06. The lowest BCUT2D eigenvalue weighted by atomic mass is 9.76. The lowest BCUT2D eigenvalue weighted by molar-refractivity contribution is -0.166. The standard InChI is InChI=1S/C29H26ClN3O3/c1-29-27-26(20-11-4-7-13-23(20)31-27)21(19-10-5-8-14-24(19)36-2)16-33(29)25(34)17-32(28(29)35)15-18-9-3-6-12-22(18)30/h3-14,21,31H,15-17H2,1-2H3. The number of carbonyl (C=O) groups excluding carboxylic acids is 2. The molecule has 0 bridgehead atoms. The topological polar surface area (TPSA) is 65.6 Å². The Kier molecular flexibility index (Phi) is 5.30. The number of nitrogens with one attached hydrogen (secondary N) is 1. The molecule has 2 aliphatic rings. The Bertz CT molecular complexity index is 1510. The first-order valence-corrected chi connectivity index (χ1v) is 12.4. The van der Waals surface area contributed by atoms with Crippen LogP contribution in [-0.4, -0.2) is 46.8 Å². The van der Waals surface area contributed by atoms with Crippen LogP contribution in [0.4, 0.5) is 0 Å².